The van der Waals surface area contributed by atoms with Crippen molar-refractivity contribution in [2.24, 2.45) is 0 Å². The van der Waals surface area contributed by atoms with Crippen molar-refractivity contribution in [2.45, 2.75) is 26.7 Å². The SMILES string of the molecule is Cc1ccnc(C(C)C)c1-n1c(=O)nc(Cl)c2cc(F)c(-c3ccccc3F)nc21. The van der Waals surface area contributed by atoms with Gasteiger partial charge in [-0.1, -0.05) is 37.6 Å². The van der Waals surface area contributed by atoms with Gasteiger partial charge < -0.3 is 0 Å². The van der Waals surface area contributed by atoms with Crippen LogP contribution in [0.1, 0.15) is 31.0 Å². The molecule has 0 radical (unpaired) electrons. The van der Waals surface area contributed by atoms with Crippen LogP contribution in [0.2, 0.25) is 5.15 Å². The van der Waals surface area contributed by atoms with Crippen LogP contribution < -0.4 is 5.69 Å². The van der Waals surface area contributed by atoms with Gasteiger partial charge in [-0.3, -0.25) is 4.98 Å². The Morgan fingerprint density at radius 3 is 2.50 bits per heavy atom. The molecule has 0 spiro atoms. The molecule has 4 aromatic rings. The van der Waals surface area contributed by atoms with Gasteiger partial charge in [0.15, 0.2) is 5.65 Å². The van der Waals surface area contributed by atoms with E-state index < -0.39 is 17.3 Å². The van der Waals surface area contributed by atoms with Crippen LogP contribution in [0.15, 0.2) is 47.4 Å². The van der Waals surface area contributed by atoms with Crippen molar-refractivity contribution in [3.05, 3.63) is 81.1 Å². The summed E-state index contributed by atoms with van der Waals surface area (Å²) >= 11 is 6.14. The molecule has 0 saturated heterocycles. The minimum Gasteiger partial charge on any atom is -0.259 e. The molecule has 0 fully saturated rings. The first-order valence-electron chi connectivity index (χ1n) is 9.29. The molecule has 0 unspecified atom stereocenters. The Morgan fingerprint density at radius 1 is 1.07 bits per heavy atom. The number of pyridine rings is 2. The zero-order chi connectivity index (χ0) is 21.6. The van der Waals surface area contributed by atoms with Gasteiger partial charge in [-0.25, -0.2) is 23.1 Å². The topological polar surface area (TPSA) is 60.7 Å². The number of nitrogens with zero attached hydrogens (tertiary/aromatic N) is 4. The molecule has 0 atom stereocenters. The van der Waals surface area contributed by atoms with E-state index in [1.807, 2.05) is 20.8 Å². The highest BCUT2D eigenvalue weighted by atomic mass is 35.5. The van der Waals surface area contributed by atoms with Crippen LogP contribution in [0, 0.1) is 18.6 Å². The van der Waals surface area contributed by atoms with Crippen LogP contribution >= 0.6 is 11.6 Å². The molecular formula is C22H17ClF2N4O. The van der Waals surface area contributed by atoms with Crippen LogP contribution in [0.4, 0.5) is 8.78 Å². The van der Waals surface area contributed by atoms with Crippen molar-refractivity contribution >= 4 is 22.6 Å². The molecule has 0 amide bonds. The maximum absolute atomic E-state index is 14.9. The van der Waals surface area contributed by atoms with Gasteiger partial charge in [-0.15, -0.1) is 0 Å². The number of benzene rings is 1. The quantitative estimate of drug-likeness (QED) is 0.422. The number of aromatic nitrogens is 4. The van der Waals surface area contributed by atoms with E-state index in [0.29, 0.717) is 11.4 Å². The summed E-state index contributed by atoms with van der Waals surface area (Å²) in [5.74, 6) is -1.41. The van der Waals surface area contributed by atoms with Gasteiger partial charge >= 0.3 is 5.69 Å². The smallest absolute Gasteiger partial charge is 0.259 e. The Balaban J connectivity index is 2.17. The zero-order valence-electron chi connectivity index (χ0n) is 16.4. The van der Waals surface area contributed by atoms with E-state index >= 15 is 0 Å². The molecule has 3 aromatic heterocycles. The van der Waals surface area contributed by atoms with E-state index in [4.69, 9.17) is 11.6 Å². The molecule has 5 nitrogen and oxygen atoms in total. The van der Waals surface area contributed by atoms with Crippen molar-refractivity contribution < 1.29 is 8.78 Å². The van der Waals surface area contributed by atoms with Crippen molar-refractivity contribution in [3.8, 4) is 16.9 Å². The van der Waals surface area contributed by atoms with Gasteiger partial charge in [-0.2, -0.15) is 4.98 Å². The second-order valence-electron chi connectivity index (χ2n) is 7.21. The first-order chi connectivity index (χ1) is 14.3. The molecule has 0 aliphatic rings. The largest absolute Gasteiger partial charge is 0.355 e. The second-order valence-corrected chi connectivity index (χ2v) is 7.56. The van der Waals surface area contributed by atoms with E-state index in [2.05, 4.69) is 15.0 Å². The first-order valence-corrected chi connectivity index (χ1v) is 9.67. The van der Waals surface area contributed by atoms with Gasteiger partial charge in [0.05, 0.1) is 16.8 Å². The van der Waals surface area contributed by atoms with Crippen molar-refractivity contribution in [2.75, 3.05) is 0 Å². The summed E-state index contributed by atoms with van der Waals surface area (Å²) in [6.45, 7) is 5.72. The van der Waals surface area contributed by atoms with Crippen LogP contribution in [0.3, 0.4) is 0 Å². The number of halogens is 3. The predicted octanol–water partition coefficient (Wildman–Crippen LogP) is 5.21. The van der Waals surface area contributed by atoms with Gasteiger partial charge in [0.1, 0.15) is 22.5 Å². The fourth-order valence-electron chi connectivity index (χ4n) is 3.41. The number of hydrogen-bond acceptors (Lipinski definition) is 4. The lowest BCUT2D eigenvalue weighted by Crippen LogP contribution is -2.25. The molecule has 152 valence electrons. The third-order valence-electron chi connectivity index (χ3n) is 4.83. The molecule has 8 heteroatoms. The highest BCUT2D eigenvalue weighted by molar-refractivity contribution is 6.33. The average molecular weight is 427 g/mol. The van der Waals surface area contributed by atoms with Gasteiger partial charge in [0.25, 0.3) is 0 Å². The molecule has 30 heavy (non-hydrogen) atoms. The van der Waals surface area contributed by atoms with Crippen LogP contribution in [0.25, 0.3) is 28.0 Å². The fourth-order valence-corrected chi connectivity index (χ4v) is 3.63. The van der Waals surface area contributed by atoms with Crippen molar-refractivity contribution in [1.82, 2.24) is 19.5 Å². The molecule has 0 saturated carbocycles. The fraction of sp³-hybridized carbons (Fsp3) is 0.182. The standard InChI is InChI=1S/C22H17ClF2N4O/c1-11(2)17-19(12(3)8-9-26-17)29-21-14(20(23)28-22(29)30)10-16(25)18(27-21)13-6-4-5-7-15(13)24/h4-11H,1-3H3. The maximum atomic E-state index is 14.9. The maximum Gasteiger partial charge on any atom is 0.355 e. The summed E-state index contributed by atoms with van der Waals surface area (Å²) in [7, 11) is 0. The number of hydrogen-bond donors (Lipinski definition) is 0. The Kier molecular flexibility index (Phi) is 5.07. The summed E-state index contributed by atoms with van der Waals surface area (Å²) in [6.07, 6.45) is 1.66. The molecule has 0 aliphatic heterocycles. The van der Waals surface area contributed by atoms with Gasteiger partial charge in [0, 0.05) is 11.8 Å². The van der Waals surface area contributed by atoms with E-state index in [1.165, 1.54) is 22.8 Å². The number of rotatable bonds is 3. The van der Waals surface area contributed by atoms with Crippen LogP contribution in [0.5, 0.6) is 0 Å². The van der Waals surface area contributed by atoms with E-state index in [0.717, 1.165) is 11.6 Å². The molecular weight excluding hydrogens is 410 g/mol. The first kappa shape index (κ1) is 20.1. The van der Waals surface area contributed by atoms with Crippen molar-refractivity contribution in [3.63, 3.8) is 0 Å². The van der Waals surface area contributed by atoms with E-state index in [1.54, 1.807) is 18.3 Å². The highest BCUT2D eigenvalue weighted by Gasteiger charge is 2.22. The highest BCUT2D eigenvalue weighted by Crippen LogP contribution is 2.31. The minimum absolute atomic E-state index is 0.0102. The Hall–Kier alpha value is -3.19. The summed E-state index contributed by atoms with van der Waals surface area (Å²) in [5.41, 5.74) is 1.09. The number of aryl methyl sites for hydroxylation is 1. The second kappa shape index (κ2) is 7.57. The summed E-state index contributed by atoms with van der Waals surface area (Å²) in [6, 6.07) is 8.61. The van der Waals surface area contributed by atoms with E-state index in [-0.39, 0.29) is 33.4 Å². The lowest BCUT2D eigenvalue weighted by atomic mass is 10.0. The number of fused-ring (bicyclic) bond motifs is 1. The minimum atomic E-state index is -0.770. The lowest BCUT2D eigenvalue weighted by Gasteiger charge is -2.18. The van der Waals surface area contributed by atoms with Gasteiger partial charge in [0.2, 0.25) is 0 Å². The zero-order valence-corrected chi connectivity index (χ0v) is 17.2. The third-order valence-corrected chi connectivity index (χ3v) is 5.12. The summed E-state index contributed by atoms with van der Waals surface area (Å²) in [4.78, 5) is 25.5. The Bertz CT molecular complexity index is 1350. The van der Waals surface area contributed by atoms with Crippen LogP contribution in [-0.4, -0.2) is 19.5 Å². The molecule has 3 heterocycles. The Morgan fingerprint density at radius 2 is 1.80 bits per heavy atom. The molecule has 4 rings (SSSR count). The van der Waals surface area contributed by atoms with Crippen LogP contribution in [-0.2, 0) is 0 Å². The molecule has 0 bridgehead atoms. The predicted molar refractivity (Wildman–Crippen MR) is 112 cm³/mol. The molecule has 0 N–H and O–H groups in total. The van der Waals surface area contributed by atoms with Crippen molar-refractivity contribution in [1.29, 1.82) is 0 Å². The molecule has 0 aliphatic carbocycles. The average Bonchev–Trinajstić information content (AvgIpc) is 2.69. The normalized spacial score (nSPS) is 11.4. The van der Waals surface area contributed by atoms with E-state index in [9.17, 15) is 13.6 Å². The molecule has 1 aromatic carbocycles. The monoisotopic (exact) mass is 426 g/mol. The Labute approximate surface area is 176 Å². The lowest BCUT2D eigenvalue weighted by molar-refractivity contribution is 0.613. The third kappa shape index (κ3) is 3.25. The summed E-state index contributed by atoms with van der Waals surface area (Å²) in [5, 5.41) is -0.0304. The summed E-state index contributed by atoms with van der Waals surface area (Å²) < 4.78 is 30.5. The van der Waals surface area contributed by atoms with Gasteiger partial charge in [-0.05, 0) is 42.7 Å².